The first-order valence-electron chi connectivity index (χ1n) is 17.8. The van der Waals surface area contributed by atoms with E-state index in [4.69, 9.17) is 0 Å². The Bertz CT molecular complexity index is 367. The highest BCUT2D eigenvalue weighted by molar-refractivity contribution is 4.60. The Balaban J connectivity index is 3.49. The van der Waals surface area contributed by atoms with Crippen molar-refractivity contribution in [3.05, 3.63) is 0 Å². The van der Waals surface area contributed by atoms with E-state index in [-0.39, 0.29) is 0 Å². The van der Waals surface area contributed by atoms with Crippen molar-refractivity contribution in [3.8, 4) is 0 Å². The SMILES string of the molecule is CCCCN(CCCCCCCCCCCCCC(C)C)CCCCCCCCCCCCCC(C)C. The van der Waals surface area contributed by atoms with E-state index < -0.39 is 0 Å². The topological polar surface area (TPSA) is 3.24 Å². The summed E-state index contributed by atoms with van der Waals surface area (Å²) in [5, 5.41) is 0. The van der Waals surface area contributed by atoms with Gasteiger partial charge in [-0.3, -0.25) is 0 Å². The van der Waals surface area contributed by atoms with Crippen molar-refractivity contribution in [2.75, 3.05) is 19.6 Å². The maximum absolute atomic E-state index is 2.79. The number of nitrogens with zero attached hydrogens (tertiary/aromatic N) is 1. The van der Waals surface area contributed by atoms with Crippen LogP contribution in [0.1, 0.15) is 202 Å². The lowest BCUT2D eigenvalue weighted by Gasteiger charge is -2.22. The number of unbranched alkanes of at least 4 members (excludes halogenated alkanes) is 21. The molecule has 0 heterocycles. The minimum Gasteiger partial charge on any atom is -0.303 e. The summed E-state index contributed by atoms with van der Waals surface area (Å²) >= 11 is 0. The van der Waals surface area contributed by atoms with Crippen LogP contribution < -0.4 is 0 Å². The Morgan fingerprint density at radius 3 is 0.838 bits per heavy atom. The fourth-order valence-electron chi connectivity index (χ4n) is 5.68. The molecule has 0 aliphatic rings. The Labute approximate surface area is 237 Å². The molecule has 0 aromatic carbocycles. The Morgan fingerprint density at radius 2 is 0.568 bits per heavy atom. The molecular weight excluding hydrogens is 446 g/mol. The van der Waals surface area contributed by atoms with E-state index >= 15 is 0 Å². The highest BCUT2D eigenvalue weighted by Crippen LogP contribution is 2.16. The fourth-order valence-corrected chi connectivity index (χ4v) is 5.68. The summed E-state index contributed by atoms with van der Waals surface area (Å²) in [7, 11) is 0. The highest BCUT2D eigenvalue weighted by Gasteiger charge is 2.04. The van der Waals surface area contributed by atoms with Gasteiger partial charge in [0.1, 0.15) is 0 Å². The van der Waals surface area contributed by atoms with Gasteiger partial charge in [0, 0.05) is 0 Å². The summed E-state index contributed by atoms with van der Waals surface area (Å²) in [6.45, 7) is 15.8. The van der Waals surface area contributed by atoms with E-state index in [0.717, 1.165) is 11.8 Å². The summed E-state index contributed by atoms with van der Waals surface area (Å²) in [6, 6.07) is 0. The standard InChI is InChI=1S/C36H75N/c1-6-7-32-37(33-28-24-20-16-12-8-10-14-18-22-26-30-35(2)3)34-29-25-21-17-13-9-11-15-19-23-27-31-36(4)5/h35-36H,6-34H2,1-5H3. The smallest absolute Gasteiger partial charge is 0.00187 e. The van der Waals surface area contributed by atoms with Gasteiger partial charge in [-0.05, 0) is 50.7 Å². The van der Waals surface area contributed by atoms with Crippen molar-refractivity contribution in [1.29, 1.82) is 0 Å². The third-order valence-electron chi connectivity index (χ3n) is 8.34. The molecule has 0 saturated carbocycles. The zero-order valence-corrected chi connectivity index (χ0v) is 27.1. The molecule has 0 bridgehead atoms. The molecule has 0 aliphatic heterocycles. The van der Waals surface area contributed by atoms with Gasteiger partial charge in [-0.1, -0.05) is 182 Å². The van der Waals surface area contributed by atoms with Crippen molar-refractivity contribution in [1.82, 2.24) is 4.90 Å². The molecule has 0 aliphatic carbocycles. The van der Waals surface area contributed by atoms with E-state index in [1.807, 2.05) is 0 Å². The van der Waals surface area contributed by atoms with Gasteiger partial charge in [0.05, 0.1) is 0 Å². The minimum atomic E-state index is 0.891. The molecule has 0 spiro atoms. The Morgan fingerprint density at radius 1 is 0.324 bits per heavy atom. The van der Waals surface area contributed by atoms with Crippen LogP contribution in [-0.2, 0) is 0 Å². The van der Waals surface area contributed by atoms with Gasteiger partial charge in [0.2, 0.25) is 0 Å². The summed E-state index contributed by atoms with van der Waals surface area (Å²) in [4.78, 5) is 2.79. The van der Waals surface area contributed by atoms with Gasteiger partial charge in [-0.15, -0.1) is 0 Å². The van der Waals surface area contributed by atoms with E-state index in [1.54, 1.807) is 0 Å². The molecule has 0 unspecified atom stereocenters. The molecule has 0 radical (unpaired) electrons. The third-order valence-corrected chi connectivity index (χ3v) is 8.34. The molecule has 0 amide bonds. The lowest BCUT2D eigenvalue weighted by Crippen LogP contribution is -2.27. The Hall–Kier alpha value is -0.0400. The first-order chi connectivity index (χ1) is 18.1. The molecule has 0 N–H and O–H groups in total. The van der Waals surface area contributed by atoms with Gasteiger partial charge in [0.15, 0.2) is 0 Å². The molecule has 0 aromatic rings. The van der Waals surface area contributed by atoms with Crippen molar-refractivity contribution >= 4 is 0 Å². The van der Waals surface area contributed by atoms with Crippen LogP contribution in [0.15, 0.2) is 0 Å². The number of rotatable bonds is 31. The first kappa shape index (κ1) is 37.0. The predicted octanol–water partition coefficient (Wildman–Crippen LogP) is 12.8. The summed E-state index contributed by atoms with van der Waals surface area (Å²) in [5.74, 6) is 1.78. The second kappa shape index (κ2) is 30.5. The van der Waals surface area contributed by atoms with Crippen LogP contribution in [0.2, 0.25) is 0 Å². The summed E-state index contributed by atoms with van der Waals surface area (Å²) < 4.78 is 0. The molecule has 0 atom stereocenters. The van der Waals surface area contributed by atoms with Crippen molar-refractivity contribution < 1.29 is 0 Å². The molecule has 224 valence electrons. The van der Waals surface area contributed by atoms with Gasteiger partial charge in [-0.2, -0.15) is 0 Å². The van der Waals surface area contributed by atoms with E-state index in [9.17, 15) is 0 Å². The average Bonchev–Trinajstić information content (AvgIpc) is 2.87. The normalized spacial score (nSPS) is 12.0. The van der Waals surface area contributed by atoms with E-state index in [2.05, 4.69) is 39.5 Å². The van der Waals surface area contributed by atoms with Crippen molar-refractivity contribution in [2.24, 2.45) is 11.8 Å². The van der Waals surface area contributed by atoms with Crippen LogP contribution in [0.4, 0.5) is 0 Å². The molecule has 1 heteroatoms. The lowest BCUT2D eigenvalue weighted by molar-refractivity contribution is 0.256. The molecule has 0 fully saturated rings. The van der Waals surface area contributed by atoms with Crippen LogP contribution in [0.25, 0.3) is 0 Å². The van der Waals surface area contributed by atoms with E-state index in [0.29, 0.717) is 0 Å². The average molecular weight is 522 g/mol. The molecule has 0 saturated heterocycles. The molecule has 37 heavy (non-hydrogen) atoms. The van der Waals surface area contributed by atoms with Crippen molar-refractivity contribution in [2.45, 2.75) is 202 Å². The second-order valence-corrected chi connectivity index (χ2v) is 13.3. The van der Waals surface area contributed by atoms with Crippen LogP contribution in [-0.4, -0.2) is 24.5 Å². The maximum atomic E-state index is 2.79. The lowest BCUT2D eigenvalue weighted by atomic mass is 10.0. The Kier molecular flexibility index (Phi) is 30.5. The molecular formula is C36H75N. The van der Waals surface area contributed by atoms with Gasteiger partial charge < -0.3 is 4.90 Å². The van der Waals surface area contributed by atoms with Gasteiger partial charge >= 0.3 is 0 Å². The third kappa shape index (κ3) is 32.1. The largest absolute Gasteiger partial charge is 0.303 e. The molecule has 0 aromatic heterocycles. The van der Waals surface area contributed by atoms with Gasteiger partial charge in [0.25, 0.3) is 0 Å². The van der Waals surface area contributed by atoms with Crippen LogP contribution in [0.3, 0.4) is 0 Å². The highest BCUT2D eigenvalue weighted by atomic mass is 15.1. The summed E-state index contributed by atoms with van der Waals surface area (Å²) in [6.07, 6.45) is 37.8. The van der Waals surface area contributed by atoms with Crippen LogP contribution in [0, 0.1) is 11.8 Å². The maximum Gasteiger partial charge on any atom is -0.00187 e. The minimum absolute atomic E-state index is 0.891. The number of hydrogen-bond acceptors (Lipinski definition) is 1. The molecule has 1 nitrogen and oxygen atoms in total. The quantitative estimate of drug-likeness (QED) is 0.0820. The van der Waals surface area contributed by atoms with Crippen LogP contribution in [0.5, 0.6) is 0 Å². The summed E-state index contributed by atoms with van der Waals surface area (Å²) in [5.41, 5.74) is 0. The monoisotopic (exact) mass is 522 g/mol. The zero-order valence-electron chi connectivity index (χ0n) is 27.1. The first-order valence-corrected chi connectivity index (χ1v) is 17.8. The van der Waals surface area contributed by atoms with Crippen LogP contribution >= 0.6 is 0 Å². The van der Waals surface area contributed by atoms with E-state index in [1.165, 1.54) is 187 Å². The predicted molar refractivity (Wildman–Crippen MR) is 172 cm³/mol. The fraction of sp³-hybridized carbons (Fsp3) is 1.00. The van der Waals surface area contributed by atoms with Gasteiger partial charge in [-0.25, -0.2) is 0 Å². The number of hydrogen-bond donors (Lipinski definition) is 0. The zero-order chi connectivity index (χ0) is 27.2. The van der Waals surface area contributed by atoms with Crippen molar-refractivity contribution in [3.63, 3.8) is 0 Å². The molecule has 0 rings (SSSR count). The second-order valence-electron chi connectivity index (χ2n) is 13.3.